The van der Waals surface area contributed by atoms with Gasteiger partial charge in [-0.05, 0) is 49.8 Å². The Labute approximate surface area is 134 Å². The predicted molar refractivity (Wildman–Crippen MR) is 89.3 cm³/mol. The maximum atomic E-state index is 11.9. The van der Waals surface area contributed by atoms with Gasteiger partial charge in [-0.25, -0.2) is 9.79 Å². The van der Waals surface area contributed by atoms with Gasteiger partial charge in [-0.15, -0.1) is 0 Å². The first kappa shape index (κ1) is 15.1. The molecule has 0 unspecified atom stereocenters. The Morgan fingerprint density at radius 3 is 2.48 bits per heavy atom. The second-order valence-corrected chi connectivity index (χ2v) is 5.08. The van der Waals surface area contributed by atoms with Crippen molar-refractivity contribution in [3.8, 4) is 0 Å². The van der Waals surface area contributed by atoms with Gasteiger partial charge >= 0.3 is 5.97 Å². The number of anilines is 1. The standard InChI is InChI=1S/C18H18N2O3/c1-3-20(4-2)14-9-7-13(8-10-14)12-15-18(21)23-17(19-15)16-6-5-11-22-16/h5-12H,3-4H2,1-2H3/b15-12-. The van der Waals surface area contributed by atoms with Crippen LogP contribution in [0.15, 0.2) is 57.8 Å². The highest BCUT2D eigenvalue weighted by Gasteiger charge is 2.25. The highest BCUT2D eigenvalue weighted by Crippen LogP contribution is 2.21. The molecule has 1 aliphatic heterocycles. The summed E-state index contributed by atoms with van der Waals surface area (Å²) in [6, 6.07) is 11.4. The molecule has 5 nitrogen and oxygen atoms in total. The number of ether oxygens (including phenoxy) is 1. The van der Waals surface area contributed by atoms with Crippen molar-refractivity contribution in [3.05, 3.63) is 59.7 Å². The Morgan fingerprint density at radius 2 is 1.87 bits per heavy atom. The van der Waals surface area contributed by atoms with Gasteiger partial charge in [0.1, 0.15) is 0 Å². The van der Waals surface area contributed by atoms with Gasteiger partial charge in [-0.2, -0.15) is 0 Å². The molecule has 1 aliphatic rings. The topological polar surface area (TPSA) is 55.0 Å². The first-order valence-corrected chi connectivity index (χ1v) is 7.62. The molecule has 0 amide bonds. The number of furan rings is 1. The van der Waals surface area contributed by atoms with Crippen LogP contribution in [0.5, 0.6) is 0 Å². The van der Waals surface area contributed by atoms with Gasteiger partial charge in [0, 0.05) is 18.8 Å². The number of nitrogens with zero attached hydrogens (tertiary/aromatic N) is 2. The minimum atomic E-state index is -0.468. The summed E-state index contributed by atoms with van der Waals surface area (Å²) >= 11 is 0. The smallest absolute Gasteiger partial charge is 0.363 e. The summed E-state index contributed by atoms with van der Waals surface area (Å²) in [7, 11) is 0. The number of esters is 1. The van der Waals surface area contributed by atoms with Crippen LogP contribution in [-0.2, 0) is 9.53 Å². The number of rotatable bonds is 5. The SMILES string of the molecule is CCN(CC)c1ccc(/C=C2\N=C(c3ccco3)OC2=O)cc1. The number of cyclic esters (lactones) is 1. The molecule has 0 saturated carbocycles. The van der Waals surface area contributed by atoms with Crippen molar-refractivity contribution in [2.24, 2.45) is 4.99 Å². The van der Waals surface area contributed by atoms with E-state index in [1.165, 1.54) is 6.26 Å². The first-order valence-electron chi connectivity index (χ1n) is 7.62. The molecule has 1 aromatic heterocycles. The van der Waals surface area contributed by atoms with E-state index >= 15 is 0 Å². The molecule has 0 fully saturated rings. The van der Waals surface area contributed by atoms with E-state index in [0.29, 0.717) is 5.76 Å². The molecule has 5 heteroatoms. The van der Waals surface area contributed by atoms with Crippen LogP contribution in [0.3, 0.4) is 0 Å². The molecule has 0 atom stereocenters. The van der Waals surface area contributed by atoms with Crippen LogP contribution < -0.4 is 4.90 Å². The van der Waals surface area contributed by atoms with E-state index in [2.05, 4.69) is 23.7 Å². The zero-order chi connectivity index (χ0) is 16.2. The Kier molecular flexibility index (Phi) is 4.28. The van der Waals surface area contributed by atoms with Gasteiger partial charge in [-0.1, -0.05) is 12.1 Å². The molecule has 23 heavy (non-hydrogen) atoms. The lowest BCUT2D eigenvalue weighted by Crippen LogP contribution is -2.21. The third-order valence-electron chi connectivity index (χ3n) is 3.68. The van der Waals surface area contributed by atoms with Crippen molar-refractivity contribution in [2.75, 3.05) is 18.0 Å². The quantitative estimate of drug-likeness (QED) is 0.627. The van der Waals surface area contributed by atoms with Gasteiger partial charge in [0.15, 0.2) is 11.5 Å². The zero-order valence-electron chi connectivity index (χ0n) is 13.2. The summed E-state index contributed by atoms with van der Waals surface area (Å²) in [5.74, 6) is 0.175. The van der Waals surface area contributed by atoms with Crippen LogP contribution in [0.25, 0.3) is 6.08 Å². The van der Waals surface area contributed by atoms with Gasteiger partial charge in [0.2, 0.25) is 0 Å². The molecule has 2 aromatic rings. The summed E-state index contributed by atoms with van der Waals surface area (Å²) in [5.41, 5.74) is 2.33. The van der Waals surface area contributed by atoms with Crippen molar-refractivity contribution in [1.29, 1.82) is 0 Å². The molecule has 2 heterocycles. The zero-order valence-corrected chi connectivity index (χ0v) is 13.2. The van der Waals surface area contributed by atoms with Gasteiger partial charge in [0.25, 0.3) is 5.90 Å². The number of carbonyl (C=O) groups excluding carboxylic acids is 1. The van der Waals surface area contributed by atoms with Gasteiger partial charge in [0.05, 0.1) is 6.26 Å². The van der Waals surface area contributed by atoms with Crippen molar-refractivity contribution in [2.45, 2.75) is 13.8 Å². The summed E-state index contributed by atoms with van der Waals surface area (Å²) in [6.45, 7) is 6.16. The Hall–Kier alpha value is -2.82. The molecule has 0 radical (unpaired) electrons. The summed E-state index contributed by atoms with van der Waals surface area (Å²) in [4.78, 5) is 18.4. The first-order chi connectivity index (χ1) is 11.2. The molecule has 3 rings (SSSR count). The minimum Gasteiger partial charge on any atom is -0.459 e. The Bertz CT molecular complexity index is 739. The molecule has 1 aromatic carbocycles. The minimum absolute atomic E-state index is 0.200. The summed E-state index contributed by atoms with van der Waals surface area (Å²) in [6.07, 6.45) is 3.23. The van der Waals surface area contributed by atoms with Crippen LogP contribution in [0, 0.1) is 0 Å². The Balaban J connectivity index is 1.82. The summed E-state index contributed by atoms with van der Waals surface area (Å²) < 4.78 is 10.3. The molecule has 118 valence electrons. The van der Waals surface area contributed by atoms with Crippen molar-refractivity contribution < 1.29 is 13.9 Å². The average Bonchev–Trinajstić information content (AvgIpc) is 3.21. The Morgan fingerprint density at radius 1 is 1.13 bits per heavy atom. The van der Waals surface area contributed by atoms with Crippen LogP contribution >= 0.6 is 0 Å². The maximum absolute atomic E-state index is 11.9. The lowest BCUT2D eigenvalue weighted by atomic mass is 10.1. The van der Waals surface area contributed by atoms with Crippen molar-refractivity contribution >= 4 is 23.6 Å². The molecular weight excluding hydrogens is 292 g/mol. The third kappa shape index (κ3) is 3.18. The maximum Gasteiger partial charge on any atom is 0.363 e. The van der Waals surface area contributed by atoms with Gasteiger partial charge < -0.3 is 14.1 Å². The fourth-order valence-corrected chi connectivity index (χ4v) is 2.44. The normalized spacial score (nSPS) is 15.7. The number of hydrogen-bond acceptors (Lipinski definition) is 5. The monoisotopic (exact) mass is 310 g/mol. The second kappa shape index (κ2) is 6.52. The predicted octanol–water partition coefficient (Wildman–Crippen LogP) is 3.47. The van der Waals surface area contributed by atoms with Gasteiger partial charge in [-0.3, -0.25) is 0 Å². The highest BCUT2D eigenvalue weighted by atomic mass is 16.6. The van der Waals surface area contributed by atoms with E-state index in [1.807, 2.05) is 24.3 Å². The van der Waals surface area contributed by atoms with E-state index in [0.717, 1.165) is 24.3 Å². The number of benzene rings is 1. The fourth-order valence-electron chi connectivity index (χ4n) is 2.44. The lowest BCUT2D eigenvalue weighted by Gasteiger charge is -2.20. The van der Waals surface area contributed by atoms with E-state index < -0.39 is 5.97 Å². The lowest BCUT2D eigenvalue weighted by molar-refractivity contribution is -0.130. The van der Waals surface area contributed by atoms with E-state index in [9.17, 15) is 4.79 Å². The van der Waals surface area contributed by atoms with Crippen LogP contribution in [0.2, 0.25) is 0 Å². The van der Waals surface area contributed by atoms with Crippen LogP contribution in [0.1, 0.15) is 25.2 Å². The molecule has 0 saturated heterocycles. The highest BCUT2D eigenvalue weighted by molar-refractivity contribution is 6.11. The largest absolute Gasteiger partial charge is 0.459 e. The van der Waals surface area contributed by atoms with Crippen molar-refractivity contribution in [1.82, 2.24) is 0 Å². The fraction of sp³-hybridized carbons (Fsp3) is 0.222. The number of aliphatic imine (C=N–C) groups is 1. The molecular formula is C18H18N2O3. The molecule has 0 spiro atoms. The summed E-state index contributed by atoms with van der Waals surface area (Å²) in [5, 5.41) is 0. The molecule has 0 N–H and O–H groups in total. The third-order valence-corrected chi connectivity index (χ3v) is 3.68. The van der Waals surface area contributed by atoms with E-state index in [1.54, 1.807) is 18.2 Å². The number of hydrogen-bond donors (Lipinski definition) is 0. The van der Waals surface area contributed by atoms with Crippen LogP contribution in [0.4, 0.5) is 5.69 Å². The van der Waals surface area contributed by atoms with E-state index in [4.69, 9.17) is 9.15 Å². The average molecular weight is 310 g/mol. The van der Waals surface area contributed by atoms with E-state index in [-0.39, 0.29) is 11.6 Å². The van der Waals surface area contributed by atoms with Crippen molar-refractivity contribution in [3.63, 3.8) is 0 Å². The second-order valence-electron chi connectivity index (χ2n) is 5.08. The number of carbonyl (C=O) groups is 1. The van der Waals surface area contributed by atoms with Crippen LogP contribution in [-0.4, -0.2) is 25.0 Å². The molecule has 0 bridgehead atoms. The molecule has 0 aliphatic carbocycles.